The first-order valence-electron chi connectivity index (χ1n) is 14.4. The van der Waals surface area contributed by atoms with Crippen molar-refractivity contribution in [1.82, 2.24) is 4.57 Å². The molecule has 1 atom stereocenters. The van der Waals surface area contributed by atoms with Gasteiger partial charge < -0.3 is 14.6 Å². The van der Waals surface area contributed by atoms with Crippen LogP contribution in [0.15, 0.2) is 118 Å². The summed E-state index contributed by atoms with van der Waals surface area (Å²) >= 11 is 7.44. The number of carboxylic acids is 1. The van der Waals surface area contributed by atoms with Crippen LogP contribution in [0, 0.1) is 0 Å². The molecule has 0 saturated carbocycles. The zero-order valence-corrected chi connectivity index (χ0v) is 26.1. The van der Waals surface area contributed by atoms with E-state index in [1.807, 2.05) is 42.5 Å². The summed E-state index contributed by atoms with van der Waals surface area (Å²) in [6, 6.07) is 29.4. The fourth-order valence-corrected chi connectivity index (χ4v) is 6.30. The molecule has 0 fully saturated rings. The van der Waals surface area contributed by atoms with E-state index < -0.39 is 18.0 Å². The van der Waals surface area contributed by atoms with Gasteiger partial charge in [-0.2, -0.15) is 0 Å². The fraction of sp³-hybridized carbons (Fsp3) is 0.111. The van der Waals surface area contributed by atoms with Crippen LogP contribution >= 0.6 is 22.9 Å². The molecule has 10 heteroatoms. The van der Waals surface area contributed by atoms with Crippen molar-refractivity contribution in [1.29, 1.82) is 0 Å². The number of ether oxygens (including phenoxy) is 2. The first-order chi connectivity index (χ1) is 22.3. The van der Waals surface area contributed by atoms with Crippen molar-refractivity contribution < 1.29 is 24.2 Å². The number of carboxylic acid groups (broad SMARTS) is 1. The Kier molecular flexibility index (Phi) is 8.96. The van der Waals surface area contributed by atoms with Crippen molar-refractivity contribution in [2.45, 2.75) is 19.6 Å². The zero-order valence-electron chi connectivity index (χ0n) is 24.6. The van der Waals surface area contributed by atoms with Crippen LogP contribution in [-0.4, -0.2) is 28.2 Å². The van der Waals surface area contributed by atoms with Gasteiger partial charge in [-0.15, -0.1) is 0 Å². The number of benzene rings is 4. The molecular weight excluding hydrogens is 624 g/mol. The molecule has 5 aromatic rings. The van der Waals surface area contributed by atoms with E-state index in [4.69, 9.17) is 26.1 Å². The van der Waals surface area contributed by atoms with Gasteiger partial charge in [-0.3, -0.25) is 9.36 Å². The molecule has 6 rings (SSSR count). The van der Waals surface area contributed by atoms with Crippen LogP contribution < -0.4 is 19.6 Å². The summed E-state index contributed by atoms with van der Waals surface area (Å²) in [5, 5.41) is 9.76. The van der Waals surface area contributed by atoms with Crippen LogP contribution in [-0.2, 0) is 16.1 Å². The van der Waals surface area contributed by atoms with Gasteiger partial charge in [0.2, 0.25) is 0 Å². The molecule has 46 heavy (non-hydrogen) atoms. The van der Waals surface area contributed by atoms with Crippen molar-refractivity contribution in [3.8, 4) is 5.75 Å². The third kappa shape index (κ3) is 6.42. The van der Waals surface area contributed by atoms with Crippen molar-refractivity contribution in [3.05, 3.63) is 161 Å². The number of halogens is 1. The van der Waals surface area contributed by atoms with Crippen molar-refractivity contribution >= 4 is 46.6 Å². The predicted octanol–water partition coefficient (Wildman–Crippen LogP) is 5.87. The van der Waals surface area contributed by atoms with E-state index in [1.165, 1.54) is 17.4 Å². The lowest BCUT2D eigenvalue weighted by Crippen LogP contribution is -2.40. The number of fused-ring (bicyclic) bond motifs is 1. The number of hydrogen-bond acceptors (Lipinski definition) is 7. The summed E-state index contributed by atoms with van der Waals surface area (Å²) in [6.07, 6.45) is 1.78. The van der Waals surface area contributed by atoms with Gasteiger partial charge in [-0.25, -0.2) is 14.6 Å². The summed E-state index contributed by atoms with van der Waals surface area (Å²) in [5.74, 6) is -0.956. The summed E-state index contributed by atoms with van der Waals surface area (Å²) in [5.41, 5.74) is 3.54. The first kappa shape index (κ1) is 30.8. The van der Waals surface area contributed by atoms with Gasteiger partial charge in [0.15, 0.2) is 4.80 Å². The molecule has 1 N–H and O–H groups in total. The Morgan fingerprint density at radius 2 is 1.72 bits per heavy atom. The minimum absolute atomic E-state index is 0.163. The van der Waals surface area contributed by atoms with Gasteiger partial charge in [0.25, 0.3) is 5.56 Å². The first-order valence-corrected chi connectivity index (χ1v) is 15.6. The van der Waals surface area contributed by atoms with E-state index in [2.05, 4.69) is 0 Å². The van der Waals surface area contributed by atoms with Gasteiger partial charge in [0.05, 0.1) is 34.0 Å². The molecule has 8 nitrogen and oxygen atoms in total. The zero-order chi connectivity index (χ0) is 32.2. The minimum Gasteiger partial charge on any atom is -0.489 e. The molecular formula is C36H27ClN2O6S. The molecule has 0 radical (unpaired) electrons. The second-order valence-corrected chi connectivity index (χ2v) is 11.8. The van der Waals surface area contributed by atoms with E-state index >= 15 is 0 Å². The van der Waals surface area contributed by atoms with Gasteiger partial charge in [0, 0.05) is 10.6 Å². The molecule has 1 aliphatic heterocycles. The van der Waals surface area contributed by atoms with Crippen LogP contribution in [0.25, 0.3) is 11.8 Å². The van der Waals surface area contributed by atoms with Crippen molar-refractivity contribution in [2.75, 3.05) is 6.61 Å². The summed E-state index contributed by atoms with van der Waals surface area (Å²) in [6.45, 7) is 2.10. The molecule has 0 amide bonds. The Bertz CT molecular complexity index is 2140. The number of esters is 1. The lowest BCUT2D eigenvalue weighted by atomic mass is 9.93. The van der Waals surface area contributed by atoms with Crippen LogP contribution in [0.1, 0.15) is 45.6 Å². The third-order valence-electron chi connectivity index (χ3n) is 7.32. The highest BCUT2D eigenvalue weighted by molar-refractivity contribution is 7.07. The van der Waals surface area contributed by atoms with E-state index in [1.54, 1.807) is 72.2 Å². The van der Waals surface area contributed by atoms with E-state index in [0.29, 0.717) is 31.4 Å². The second kappa shape index (κ2) is 13.4. The number of aromatic carboxylic acids is 1. The Morgan fingerprint density at radius 1 is 0.978 bits per heavy atom. The summed E-state index contributed by atoms with van der Waals surface area (Å²) in [7, 11) is 0. The maximum Gasteiger partial charge on any atom is 0.338 e. The smallest absolute Gasteiger partial charge is 0.338 e. The molecule has 0 saturated heterocycles. The number of rotatable bonds is 9. The van der Waals surface area contributed by atoms with Gasteiger partial charge in [0.1, 0.15) is 12.4 Å². The summed E-state index contributed by atoms with van der Waals surface area (Å²) in [4.78, 5) is 44.2. The lowest BCUT2D eigenvalue weighted by molar-refractivity contribution is -0.138. The molecule has 2 heterocycles. The number of thiazole rings is 1. The second-order valence-electron chi connectivity index (χ2n) is 10.3. The fourth-order valence-electron chi connectivity index (χ4n) is 5.17. The average molecular weight is 651 g/mol. The molecule has 0 bridgehead atoms. The SMILES string of the molecule is CCOC(=O)C1=C(c2ccccc2)N=c2s/c(=C\c3ccc(OCc4cccc(C(=O)O)c4)cc3)c(=O)n2[C@H]1c1ccc(Cl)cc1. The minimum atomic E-state index is -0.996. The van der Waals surface area contributed by atoms with Crippen LogP contribution in [0.2, 0.25) is 5.02 Å². The predicted molar refractivity (Wildman–Crippen MR) is 177 cm³/mol. The highest BCUT2D eigenvalue weighted by atomic mass is 35.5. The van der Waals surface area contributed by atoms with E-state index in [9.17, 15) is 19.5 Å². The van der Waals surface area contributed by atoms with Crippen LogP contribution in [0.4, 0.5) is 0 Å². The standard InChI is InChI=1S/C36H27ClN2O6S/c1-2-44-35(43)30-31(24-8-4-3-5-9-24)38-36-39(32(30)25-13-15-27(37)16-14-25)33(40)29(46-36)20-22-11-17-28(18-12-22)45-21-23-7-6-10-26(19-23)34(41)42/h3-20,32H,2,21H2,1H3,(H,41,42)/b29-20-/t32-/m0/s1. The molecule has 0 unspecified atom stereocenters. The quantitative estimate of drug-likeness (QED) is 0.200. The maximum atomic E-state index is 14.1. The number of carbonyl (C=O) groups is 2. The molecule has 0 aliphatic carbocycles. The largest absolute Gasteiger partial charge is 0.489 e. The molecule has 1 aliphatic rings. The number of nitrogens with zero attached hydrogens (tertiary/aromatic N) is 2. The van der Waals surface area contributed by atoms with Gasteiger partial charge >= 0.3 is 11.9 Å². The molecule has 0 spiro atoms. The van der Waals surface area contributed by atoms with Gasteiger partial charge in [-0.05, 0) is 66.1 Å². The van der Waals surface area contributed by atoms with Crippen LogP contribution in [0.5, 0.6) is 5.75 Å². The number of aromatic nitrogens is 1. The van der Waals surface area contributed by atoms with Crippen molar-refractivity contribution in [3.63, 3.8) is 0 Å². The lowest BCUT2D eigenvalue weighted by Gasteiger charge is -2.25. The number of hydrogen-bond donors (Lipinski definition) is 1. The Hall–Kier alpha value is -5.25. The molecule has 1 aromatic heterocycles. The van der Waals surface area contributed by atoms with Gasteiger partial charge in [-0.1, -0.05) is 89.7 Å². The van der Waals surface area contributed by atoms with Crippen LogP contribution in [0.3, 0.4) is 0 Å². The highest BCUT2D eigenvalue weighted by Gasteiger charge is 2.35. The highest BCUT2D eigenvalue weighted by Crippen LogP contribution is 2.35. The molecule has 4 aromatic carbocycles. The van der Waals surface area contributed by atoms with E-state index in [-0.39, 0.29) is 29.9 Å². The number of carbonyl (C=O) groups excluding carboxylic acids is 1. The topological polar surface area (TPSA) is 107 Å². The normalized spacial score (nSPS) is 14.4. The average Bonchev–Trinajstić information content (AvgIpc) is 3.38. The summed E-state index contributed by atoms with van der Waals surface area (Å²) < 4.78 is 13.3. The Morgan fingerprint density at radius 3 is 2.41 bits per heavy atom. The molecule has 230 valence electrons. The Labute approximate surface area is 272 Å². The van der Waals surface area contributed by atoms with E-state index in [0.717, 1.165) is 16.7 Å². The maximum absolute atomic E-state index is 14.1. The third-order valence-corrected chi connectivity index (χ3v) is 8.55. The van der Waals surface area contributed by atoms with Crippen molar-refractivity contribution in [2.24, 2.45) is 4.99 Å². The Balaban J connectivity index is 1.40. The monoisotopic (exact) mass is 650 g/mol.